The highest BCUT2D eigenvalue weighted by Crippen LogP contribution is 2.06. The van der Waals surface area contributed by atoms with E-state index in [1.165, 1.54) is 0 Å². The van der Waals surface area contributed by atoms with Crippen molar-refractivity contribution < 1.29 is 0 Å². The largest absolute Gasteiger partial charge is 0.398 e. The Labute approximate surface area is 76.7 Å². The molecule has 0 spiro atoms. The fourth-order valence-corrected chi connectivity index (χ4v) is 0.676. The van der Waals surface area contributed by atoms with Crippen molar-refractivity contribution in [3.05, 3.63) is 35.6 Å². The van der Waals surface area contributed by atoms with Crippen LogP contribution < -0.4 is 5.73 Å². The molecule has 0 atom stereocenters. The predicted octanol–water partition coefficient (Wildman–Crippen LogP) is 3.40. The van der Waals surface area contributed by atoms with Crippen molar-refractivity contribution in [3.63, 3.8) is 0 Å². The van der Waals surface area contributed by atoms with Gasteiger partial charge in [-0.2, -0.15) is 0 Å². The van der Waals surface area contributed by atoms with Crippen molar-refractivity contribution in [2.45, 2.75) is 34.6 Å². The van der Waals surface area contributed by atoms with Gasteiger partial charge in [-0.1, -0.05) is 32.6 Å². The second-order valence-corrected chi connectivity index (χ2v) is 2.38. The van der Waals surface area contributed by atoms with Crippen molar-refractivity contribution in [3.8, 4) is 0 Å². The summed E-state index contributed by atoms with van der Waals surface area (Å²) in [5.41, 5.74) is 8.47. The Morgan fingerprint density at radius 1 is 1.25 bits per heavy atom. The number of allylic oxidation sites excluding steroid dienone is 4. The molecule has 0 radical (unpaired) electrons. The van der Waals surface area contributed by atoms with Crippen molar-refractivity contribution in [2.24, 2.45) is 5.73 Å². The van der Waals surface area contributed by atoms with Gasteiger partial charge in [-0.3, -0.25) is 0 Å². The number of hydrogen-bond acceptors (Lipinski definition) is 1. The van der Waals surface area contributed by atoms with Crippen LogP contribution in [0, 0.1) is 0 Å². The van der Waals surface area contributed by atoms with Crippen molar-refractivity contribution in [1.82, 2.24) is 0 Å². The maximum Gasteiger partial charge on any atom is 0.0367 e. The minimum absolute atomic E-state index is 0.790. The zero-order chi connectivity index (χ0) is 10.1. The molecule has 0 saturated carbocycles. The molecule has 0 saturated heterocycles. The molecule has 0 aromatic heterocycles. The van der Waals surface area contributed by atoms with Crippen LogP contribution in [0.3, 0.4) is 0 Å². The summed E-state index contributed by atoms with van der Waals surface area (Å²) < 4.78 is 0. The van der Waals surface area contributed by atoms with Gasteiger partial charge in [0.25, 0.3) is 0 Å². The Hall–Kier alpha value is -0.980. The SMILES string of the molecule is C=C(C)/C(N)=C(C)\C=C/C.CC. The van der Waals surface area contributed by atoms with E-state index in [2.05, 4.69) is 6.58 Å². The van der Waals surface area contributed by atoms with Gasteiger partial charge in [-0.25, -0.2) is 0 Å². The highest BCUT2D eigenvalue weighted by Gasteiger charge is 1.92. The van der Waals surface area contributed by atoms with Crippen LogP contribution in [0.25, 0.3) is 0 Å². The zero-order valence-electron chi connectivity index (χ0n) is 8.94. The number of rotatable bonds is 2. The molecule has 0 fully saturated rings. The van der Waals surface area contributed by atoms with Gasteiger partial charge < -0.3 is 5.73 Å². The third-order valence-electron chi connectivity index (χ3n) is 1.30. The first-order valence-corrected chi connectivity index (χ1v) is 4.34. The molecule has 0 aliphatic rings. The van der Waals surface area contributed by atoms with Crippen molar-refractivity contribution in [1.29, 1.82) is 0 Å². The van der Waals surface area contributed by atoms with Gasteiger partial charge in [0.2, 0.25) is 0 Å². The minimum Gasteiger partial charge on any atom is -0.398 e. The van der Waals surface area contributed by atoms with Crippen LogP contribution in [0.15, 0.2) is 35.6 Å². The average molecular weight is 167 g/mol. The van der Waals surface area contributed by atoms with Crippen LogP contribution in [0.1, 0.15) is 34.6 Å². The molecule has 0 unspecified atom stereocenters. The summed E-state index contributed by atoms with van der Waals surface area (Å²) in [7, 11) is 0. The molecule has 12 heavy (non-hydrogen) atoms. The van der Waals surface area contributed by atoms with Crippen LogP contribution in [0.4, 0.5) is 0 Å². The summed E-state index contributed by atoms with van der Waals surface area (Å²) in [5.74, 6) is 0. The standard InChI is InChI=1S/C9H15N.C2H6/c1-5-6-8(4)9(10)7(2)3;1-2/h5-6H,2,10H2,1,3-4H3;1-2H3/b6-5-,9-8+;. The van der Waals surface area contributed by atoms with E-state index >= 15 is 0 Å². The summed E-state index contributed by atoms with van der Waals surface area (Å²) >= 11 is 0. The highest BCUT2D eigenvalue weighted by atomic mass is 14.6. The highest BCUT2D eigenvalue weighted by molar-refractivity contribution is 5.33. The summed E-state index contributed by atoms with van der Waals surface area (Å²) in [5, 5.41) is 0. The molecular weight excluding hydrogens is 146 g/mol. The normalized spacial score (nSPS) is 11.8. The Kier molecular flexibility index (Phi) is 9.20. The molecule has 2 N–H and O–H groups in total. The van der Waals surface area contributed by atoms with Crippen LogP contribution in [-0.4, -0.2) is 0 Å². The van der Waals surface area contributed by atoms with Crippen LogP contribution >= 0.6 is 0 Å². The van der Waals surface area contributed by atoms with Gasteiger partial charge in [-0.05, 0) is 31.9 Å². The minimum atomic E-state index is 0.790. The van der Waals surface area contributed by atoms with E-state index in [0.29, 0.717) is 0 Å². The van der Waals surface area contributed by atoms with E-state index < -0.39 is 0 Å². The molecule has 1 nitrogen and oxygen atoms in total. The Morgan fingerprint density at radius 3 is 1.92 bits per heavy atom. The quantitative estimate of drug-likeness (QED) is 0.627. The first kappa shape index (κ1) is 13.6. The van der Waals surface area contributed by atoms with Gasteiger partial charge in [-0.15, -0.1) is 0 Å². The van der Waals surface area contributed by atoms with E-state index in [1.54, 1.807) is 0 Å². The third kappa shape index (κ3) is 5.78. The maximum atomic E-state index is 5.67. The summed E-state index contributed by atoms with van der Waals surface area (Å²) in [4.78, 5) is 0. The van der Waals surface area contributed by atoms with Crippen molar-refractivity contribution >= 4 is 0 Å². The molecule has 0 aliphatic heterocycles. The molecule has 0 aromatic carbocycles. The van der Waals surface area contributed by atoms with Crippen LogP contribution in [0.5, 0.6) is 0 Å². The van der Waals surface area contributed by atoms with Gasteiger partial charge in [0.1, 0.15) is 0 Å². The van der Waals surface area contributed by atoms with E-state index in [4.69, 9.17) is 5.73 Å². The molecule has 70 valence electrons. The third-order valence-corrected chi connectivity index (χ3v) is 1.30. The van der Waals surface area contributed by atoms with E-state index in [0.717, 1.165) is 16.8 Å². The van der Waals surface area contributed by atoms with Gasteiger partial charge in [0, 0.05) is 5.70 Å². The summed E-state index contributed by atoms with van der Waals surface area (Å²) in [6, 6.07) is 0. The molecular formula is C11H21N. The Balaban J connectivity index is 0. The first-order chi connectivity index (χ1) is 5.59. The lowest BCUT2D eigenvalue weighted by molar-refractivity contribution is 1.24. The summed E-state index contributed by atoms with van der Waals surface area (Å²) in [6.45, 7) is 13.6. The second-order valence-electron chi connectivity index (χ2n) is 2.38. The van der Waals surface area contributed by atoms with E-state index in [1.807, 2.05) is 46.8 Å². The fraction of sp³-hybridized carbons (Fsp3) is 0.455. The first-order valence-electron chi connectivity index (χ1n) is 4.34. The Morgan fingerprint density at radius 2 is 1.67 bits per heavy atom. The monoisotopic (exact) mass is 167 g/mol. The lowest BCUT2D eigenvalue weighted by atomic mass is 10.1. The molecule has 0 amide bonds. The van der Waals surface area contributed by atoms with E-state index in [-0.39, 0.29) is 0 Å². The van der Waals surface area contributed by atoms with Gasteiger partial charge in [0.15, 0.2) is 0 Å². The zero-order valence-corrected chi connectivity index (χ0v) is 8.94. The molecule has 0 bridgehead atoms. The smallest absolute Gasteiger partial charge is 0.0367 e. The van der Waals surface area contributed by atoms with Crippen LogP contribution in [-0.2, 0) is 0 Å². The molecule has 0 aromatic rings. The lowest BCUT2D eigenvalue weighted by Gasteiger charge is -2.01. The average Bonchev–Trinajstić information content (AvgIpc) is 2.07. The molecule has 1 heteroatoms. The predicted molar refractivity (Wildman–Crippen MR) is 57.9 cm³/mol. The summed E-state index contributed by atoms with van der Waals surface area (Å²) in [6.07, 6.45) is 3.94. The fourth-order valence-electron chi connectivity index (χ4n) is 0.676. The number of hydrogen-bond donors (Lipinski definition) is 1. The molecule has 0 aliphatic carbocycles. The Bertz CT molecular complexity index is 185. The van der Waals surface area contributed by atoms with Gasteiger partial charge >= 0.3 is 0 Å². The topological polar surface area (TPSA) is 26.0 Å². The second kappa shape index (κ2) is 8.12. The maximum absolute atomic E-state index is 5.67. The molecule has 0 heterocycles. The lowest BCUT2D eigenvalue weighted by Crippen LogP contribution is -1.99. The van der Waals surface area contributed by atoms with E-state index in [9.17, 15) is 0 Å². The number of nitrogens with two attached hydrogens (primary N) is 1. The van der Waals surface area contributed by atoms with Crippen LogP contribution in [0.2, 0.25) is 0 Å². The molecule has 0 rings (SSSR count). The van der Waals surface area contributed by atoms with Gasteiger partial charge in [0.05, 0.1) is 0 Å². The van der Waals surface area contributed by atoms with Crippen molar-refractivity contribution in [2.75, 3.05) is 0 Å².